The lowest BCUT2D eigenvalue weighted by Crippen LogP contribution is -2.07. The lowest BCUT2D eigenvalue weighted by Gasteiger charge is -2.23. The highest BCUT2D eigenvalue weighted by Gasteiger charge is 2.17. The molecule has 24 heavy (non-hydrogen) atoms. The highest BCUT2D eigenvalue weighted by Crippen LogP contribution is 2.33. The van der Waals surface area contributed by atoms with E-state index < -0.39 is 0 Å². The highest BCUT2D eigenvalue weighted by atomic mass is 16.6. The summed E-state index contributed by atoms with van der Waals surface area (Å²) in [7, 11) is 0. The van der Waals surface area contributed by atoms with Gasteiger partial charge in [-0.25, -0.2) is 0 Å². The number of nitriles is 1. The van der Waals surface area contributed by atoms with Gasteiger partial charge in [-0.05, 0) is 42.0 Å². The number of hydrogen-bond donors (Lipinski definition) is 0. The second-order valence-electron chi connectivity index (χ2n) is 6.21. The van der Waals surface area contributed by atoms with Gasteiger partial charge in [-0.1, -0.05) is 60.8 Å². The van der Waals surface area contributed by atoms with Gasteiger partial charge >= 0.3 is 0 Å². The smallest absolute Gasteiger partial charge is 0.142 e. The molecule has 3 rings (SSSR count). The van der Waals surface area contributed by atoms with Crippen molar-refractivity contribution in [3.8, 4) is 6.07 Å². The summed E-state index contributed by atoms with van der Waals surface area (Å²) in [4.78, 5) is 5.37. The first-order chi connectivity index (χ1) is 11.9. The van der Waals surface area contributed by atoms with Gasteiger partial charge in [0.15, 0.2) is 0 Å². The summed E-state index contributed by atoms with van der Waals surface area (Å²) < 4.78 is 0. The second-order valence-corrected chi connectivity index (χ2v) is 6.21. The predicted octanol–water partition coefficient (Wildman–Crippen LogP) is 5.03. The molecule has 3 heteroatoms. The molecule has 0 bridgehead atoms. The van der Waals surface area contributed by atoms with E-state index in [0.717, 1.165) is 11.1 Å². The van der Waals surface area contributed by atoms with Crippen molar-refractivity contribution in [2.75, 3.05) is 0 Å². The molecule has 1 radical (unpaired) electrons. The second kappa shape index (κ2) is 8.31. The van der Waals surface area contributed by atoms with Crippen LogP contribution in [-0.4, -0.2) is 6.21 Å². The van der Waals surface area contributed by atoms with E-state index in [4.69, 9.17) is 10.1 Å². The molecule has 1 saturated carbocycles. The Morgan fingerprint density at radius 3 is 2.50 bits per heavy atom. The average molecular weight is 317 g/mol. The molecule has 0 spiro atoms. The van der Waals surface area contributed by atoms with Crippen molar-refractivity contribution in [1.29, 1.82) is 5.26 Å². The highest BCUT2D eigenvalue weighted by molar-refractivity contribution is 5.81. The summed E-state index contributed by atoms with van der Waals surface area (Å²) in [6, 6.07) is 17.8. The molecule has 1 aliphatic rings. The third-order valence-electron chi connectivity index (χ3n) is 4.55. The Labute approximate surface area is 143 Å². The molecule has 0 atom stereocenters. The molecule has 121 valence electrons. The van der Waals surface area contributed by atoms with Crippen LogP contribution >= 0.6 is 0 Å². The molecule has 0 aliphatic heterocycles. The summed E-state index contributed by atoms with van der Waals surface area (Å²) in [5.74, 6) is 0.621. The Kier molecular flexibility index (Phi) is 5.63. The van der Waals surface area contributed by atoms with Crippen LogP contribution in [0.25, 0.3) is 0 Å². The van der Waals surface area contributed by atoms with Gasteiger partial charge in [0, 0.05) is 5.56 Å². The minimum Gasteiger partial charge on any atom is -0.390 e. The first kappa shape index (κ1) is 16.3. The SMILES string of the molecule is N#Cc1ccc(CO/N=[C]\c2ccccc2C2CCCCC2)cc1. The van der Waals surface area contributed by atoms with Gasteiger partial charge in [0.25, 0.3) is 0 Å². The van der Waals surface area contributed by atoms with Crippen LogP contribution in [0.15, 0.2) is 53.7 Å². The maximum atomic E-state index is 8.79. The number of benzene rings is 2. The van der Waals surface area contributed by atoms with Crippen molar-refractivity contribution in [3.05, 3.63) is 70.8 Å². The third kappa shape index (κ3) is 4.23. The first-order valence-electron chi connectivity index (χ1n) is 8.53. The van der Waals surface area contributed by atoms with E-state index >= 15 is 0 Å². The molecule has 0 unspecified atom stereocenters. The largest absolute Gasteiger partial charge is 0.390 e. The zero-order valence-corrected chi connectivity index (χ0v) is 13.7. The molecule has 0 heterocycles. The maximum absolute atomic E-state index is 8.79. The third-order valence-corrected chi connectivity index (χ3v) is 4.55. The summed E-state index contributed by atoms with van der Waals surface area (Å²) in [5, 5.41) is 12.8. The Balaban J connectivity index is 1.61. The maximum Gasteiger partial charge on any atom is 0.142 e. The molecular formula is C21H21N2O. The van der Waals surface area contributed by atoms with Crippen molar-refractivity contribution in [3.63, 3.8) is 0 Å². The fourth-order valence-electron chi connectivity index (χ4n) is 3.23. The van der Waals surface area contributed by atoms with E-state index in [1.807, 2.05) is 18.2 Å². The molecule has 1 fully saturated rings. The fourth-order valence-corrected chi connectivity index (χ4v) is 3.23. The van der Waals surface area contributed by atoms with Gasteiger partial charge in [-0.15, -0.1) is 0 Å². The van der Waals surface area contributed by atoms with E-state index in [-0.39, 0.29) is 0 Å². The summed E-state index contributed by atoms with van der Waals surface area (Å²) >= 11 is 0. The van der Waals surface area contributed by atoms with E-state index in [9.17, 15) is 0 Å². The van der Waals surface area contributed by atoms with Crippen LogP contribution in [0.4, 0.5) is 0 Å². The van der Waals surface area contributed by atoms with Crippen molar-refractivity contribution in [2.24, 2.45) is 5.16 Å². The monoisotopic (exact) mass is 317 g/mol. The van der Waals surface area contributed by atoms with Crippen LogP contribution in [0.2, 0.25) is 0 Å². The van der Waals surface area contributed by atoms with Crippen molar-refractivity contribution in [1.82, 2.24) is 0 Å². The molecule has 1 aliphatic carbocycles. The summed E-state index contributed by atoms with van der Waals surface area (Å²) in [6.07, 6.45) is 9.54. The van der Waals surface area contributed by atoms with Crippen LogP contribution in [0.1, 0.15) is 60.3 Å². The minimum atomic E-state index is 0.379. The van der Waals surface area contributed by atoms with Gasteiger partial charge in [0.1, 0.15) is 12.8 Å². The van der Waals surface area contributed by atoms with Crippen molar-refractivity contribution in [2.45, 2.75) is 44.6 Å². The van der Waals surface area contributed by atoms with E-state index in [2.05, 4.69) is 35.6 Å². The molecule has 0 N–H and O–H groups in total. The standard InChI is InChI=1S/C21H21N2O/c22-14-17-10-12-18(13-11-17)16-24-23-15-20-8-4-5-9-21(20)19-6-2-1-3-7-19/h4-5,8-13,19H,1-3,6-7,16H2. The quantitative estimate of drug-likeness (QED) is 0.573. The molecule has 0 aromatic heterocycles. The predicted molar refractivity (Wildman–Crippen MR) is 94.8 cm³/mol. The van der Waals surface area contributed by atoms with Crippen LogP contribution < -0.4 is 0 Å². The molecule has 0 amide bonds. The van der Waals surface area contributed by atoms with Gasteiger partial charge in [-0.2, -0.15) is 5.26 Å². The van der Waals surface area contributed by atoms with Crippen molar-refractivity contribution < 1.29 is 4.84 Å². The zero-order valence-electron chi connectivity index (χ0n) is 13.7. The zero-order chi connectivity index (χ0) is 16.6. The van der Waals surface area contributed by atoms with Crippen LogP contribution in [0, 0.1) is 11.3 Å². The fraction of sp³-hybridized carbons (Fsp3) is 0.333. The summed E-state index contributed by atoms with van der Waals surface area (Å²) in [6.45, 7) is 0.379. The van der Waals surface area contributed by atoms with Gasteiger partial charge in [-0.3, -0.25) is 0 Å². The molecule has 2 aromatic carbocycles. The first-order valence-corrected chi connectivity index (χ1v) is 8.53. The molecule has 3 nitrogen and oxygen atoms in total. The molecule has 0 saturated heterocycles. The summed E-state index contributed by atoms with van der Waals surface area (Å²) in [5.41, 5.74) is 4.00. The van der Waals surface area contributed by atoms with E-state index in [0.29, 0.717) is 18.1 Å². The normalized spacial score (nSPS) is 15.3. The Morgan fingerprint density at radius 2 is 1.75 bits per heavy atom. The number of rotatable bonds is 5. The topological polar surface area (TPSA) is 45.4 Å². The van der Waals surface area contributed by atoms with Crippen LogP contribution in [0.3, 0.4) is 0 Å². The number of hydrogen-bond acceptors (Lipinski definition) is 3. The van der Waals surface area contributed by atoms with Gasteiger partial charge in [0.05, 0.1) is 11.6 Å². The molecular weight excluding hydrogens is 296 g/mol. The minimum absolute atomic E-state index is 0.379. The Morgan fingerprint density at radius 1 is 1.00 bits per heavy atom. The van der Waals surface area contributed by atoms with E-state index in [1.54, 1.807) is 12.1 Å². The Bertz CT molecular complexity index is 722. The van der Waals surface area contributed by atoms with Crippen molar-refractivity contribution >= 4 is 6.21 Å². The number of nitrogens with zero attached hydrogens (tertiary/aromatic N) is 2. The lowest BCUT2D eigenvalue weighted by molar-refractivity contribution is 0.132. The molecule has 2 aromatic rings. The lowest BCUT2D eigenvalue weighted by atomic mass is 9.82. The van der Waals surface area contributed by atoms with E-state index in [1.165, 1.54) is 37.7 Å². The van der Waals surface area contributed by atoms with Crippen LogP contribution in [0.5, 0.6) is 0 Å². The van der Waals surface area contributed by atoms with Gasteiger partial charge in [0.2, 0.25) is 0 Å². The average Bonchev–Trinajstić information content (AvgIpc) is 2.67. The Hall–Kier alpha value is -2.60. The van der Waals surface area contributed by atoms with Crippen LogP contribution in [-0.2, 0) is 11.4 Å². The van der Waals surface area contributed by atoms with Gasteiger partial charge < -0.3 is 4.84 Å².